The predicted molar refractivity (Wildman–Crippen MR) is 64.8 cm³/mol. The number of hydrogen-bond acceptors (Lipinski definition) is 4. The highest BCUT2D eigenvalue weighted by Gasteiger charge is 2.24. The van der Waals surface area contributed by atoms with Crippen LogP contribution in [0, 0.1) is 10.1 Å². The molecular formula is C11H11ClN2O4. The summed E-state index contributed by atoms with van der Waals surface area (Å²) in [5.74, 6) is -0.373. The molecule has 0 heterocycles. The summed E-state index contributed by atoms with van der Waals surface area (Å²) in [5.41, 5.74) is -0.248. The fourth-order valence-corrected chi connectivity index (χ4v) is 1.64. The quantitative estimate of drug-likeness (QED) is 0.654. The topological polar surface area (TPSA) is 81.5 Å². The van der Waals surface area contributed by atoms with Gasteiger partial charge in [-0.3, -0.25) is 14.9 Å². The van der Waals surface area contributed by atoms with Gasteiger partial charge in [0, 0.05) is 12.1 Å². The van der Waals surface area contributed by atoms with Crippen LogP contribution in [0.2, 0.25) is 5.02 Å². The third-order valence-electron chi connectivity index (χ3n) is 2.43. The second kappa shape index (κ2) is 5.22. The number of carbonyl (C=O) groups excluding carboxylic acids is 1. The van der Waals surface area contributed by atoms with Gasteiger partial charge in [-0.05, 0) is 18.9 Å². The number of para-hydroxylation sites is 1. The van der Waals surface area contributed by atoms with Crippen molar-refractivity contribution < 1.29 is 14.5 Å². The van der Waals surface area contributed by atoms with Crippen LogP contribution in [-0.2, 0) is 4.79 Å². The van der Waals surface area contributed by atoms with Gasteiger partial charge in [-0.15, -0.1) is 0 Å². The molecule has 0 bridgehead atoms. The first-order chi connectivity index (χ1) is 8.58. The highest BCUT2D eigenvalue weighted by Crippen LogP contribution is 2.34. The van der Waals surface area contributed by atoms with Gasteiger partial charge in [0.1, 0.15) is 0 Å². The van der Waals surface area contributed by atoms with Gasteiger partial charge in [0.25, 0.3) is 5.91 Å². The van der Waals surface area contributed by atoms with Crippen molar-refractivity contribution in [2.24, 2.45) is 0 Å². The maximum absolute atomic E-state index is 11.4. The van der Waals surface area contributed by atoms with Gasteiger partial charge >= 0.3 is 5.69 Å². The van der Waals surface area contributed by atoms with Crippen LogP contribution in [0.15, 0.2) is 18.2 Å². The van der Waals surface area contributed by atoms with Gasteiger partial charge in [0.05, 0.1) is 9.95 Å². The number of nitrogens with one attached hydrogen (secondary N) is 1. The minimum Gasteiger partial charge on any atom is -0.476 e. The molecule has 96 valence electrons. The molecule has 18 heavy (non-hydrogen) atoms. The lowest BCUT2D eigenvalue weighted by atomic mass is 10.3. The number of hydrogen-bond donors (Lipinski definition) is 1. The number of halogens is 1. The molecule has 0 unspecified atom stereocenters. The van der Waals surface area contributed by atoms with Crippen molar-refractivity contribution in [2.75, 3.05) is 6.61 Å². The standard InChI is InChI=1S/C11H11ClN2O4/c12-8-2-1-3-9(14(16)17)11(8)18-6-10(15)13-7-4-5-7/h1-3,7H,4-6H2,(H,13,15). The Labute approximate surface area is 108 Å². The maximum Gasteiger partial charge on any atom is 0.312 e. The summed E-state index contributed by atoms with van der Waals surface area (Å²) in [5, 5.41) is 13.6. The summed E-state index contributed by atoms with van der Waals surface area (Å²) >= 11 is 5.81. The Kier molecular flexibility index (Phi) is 3.66. The zero-order valence-corrected chi connectivity index (χ0v) is 10.1. The molecule has 2 rings (SSSR count). The van der Waals surface area contributed by atoms with Gasteiger partial charge < -0.3 is 10.1 Å². The van der Waals surface area contributed by atoms with Crippen LogP contribution in [0.5, 0.6) is 5.75 Å². The van der Waals surface area contributed by atoms with Crippen LogP contribution < -0.4 is 10.1 Å². The highest BCUT2D eigenvalue weighted by molar-refractivity contribution is 6.32. The van der Waals surface area contributed by atoms with Gasteiger partial charge in [-0.1, -0.05) is 17.7 Å². The first kappa shape index (κ1) is 12.6. The van der Waals surface area contributed by atoms with E-state index >= 15 is 0 Å². The number of amides is 1. The van der Waals surface area contributed by atoms with Crippen molar-refractivity contribution in [2.45, 2.75) is 18.9 Å². The maximum atomic E-state index is 11.4. The zero-order chi connectivity index (χ0) is 13.1. The fraction of sp³-hybridized carbons (Fsp3) is 0.364. The van der Waals surface area contributed by atoms with Gasteiger partial charge in [-0.25, -0.2) is 0 Å². The van der Waals surface area contributed by atoms with Crippen molar-refractivity contribution in [3.63, 3.8) is 0 Å². The molecule has 1 saturated carbocycles. The number of rotatable bonds is 5. The summed E-state index contributed by atoms with van der Waals surface area (Å²) in [4.78, 5) is 21.6. The largest absolute Gasteiger partial charge is 0.476 e. The molecule has 1 aromatic carbocycles. The number of ether oxygens (including phenoxy) is 1. The molecule has 1 fully saturated rings. The van der Waals surface area contributed by atoms with Crippen LogP contribution in [0.25, 0.3) is 0 Å². The van der Waals surface area contributed by atoms with Crippen LogP contribution >= 0.6 is 11.6 Å². The lowest BCUT2D eigenvalue weighted by Crippen LogP contribution is -2.30. The number of nitrogens with zero attached hydrogens (tertiary/aromatic N) is 1. The summed E-state index contributed by atoms with van der Waals surface area (Å²) in [6, 6.07) is 4.43. The van der Waals surface area contributed by atoms with Crippen LogP contribution in [-0.4, -0.2) is 23.5 Å². The zero-order valence-electron chi connectivity index (χ0n) is 9.39. The van der Waals surface area contributed by atoms with Gasteiger partial charge in [-0.2, -0.15) is 0 Å². The summed E-state index contributed by atoms with van der Waals surface area (Å²) in [6.07, 6.45) is 1.94. The van der Waals surface area contributed by atoms with E-state index in [1.54, 1.807) is 0 Å². The molecule has 0 atom stereocenters. The Morgan fingerprint density at radius 3 is 2.89 bits per heavy atom. The third-order valence-corrected chi connectivity index (χ3v) is 2.73. The number of nitro benzene ring substituents is 1. The van der Waals surface area contributed by atoms with E-state index in [0.717, 1.165) is 12.8 Å². The Hall–Kier alpha value is -1.82. The Morgan fingerprint density at radius 2 is 2.28 bits per heavy atom. The van der Waals surface area contributed by atoms with E-state index in [2.05, 4.69) is 5.32 Å². The first-order valence-corrected chi connectivity index (χ1v) is 5.81. The van der Waals surface area contributed by atoms with E-state index in [0.29, 0.717) is 0 Å². The second-order valence-corrected chi connectivity index (χ2v) is 4.38. The number of carbonyl (C=O) groups is 1. The highest BCUT2D eigenvalue weighted by atomic mass is 35.5. The second-order valence-electron chi connectivity index (χ2n) is 3.98. The van der Waals surface area contributed by atoms with E-state index in [4.69, 9.17) is 16.3 Å². The molecule has 7 heteroatoms. The summed E-state index contributed by atoms with van der Waals surface area (Å²) < 4.78 is 5.13. The fourth-order valence-electron chi connectivity index (χ4n) is 1.42. The number of benzene rings is 1. The van der Waals surface area contributed by atoms with Crippen molar-refractivity contribution in [1.82, 2.24) is 5.32 Å². The monoisotopic (exact) mass is 270 g/mol. The minimum absolute atomic E-state index is 0.0740. The molecule has 0 aliphatic heterocycles. The molecule has 0 saturated heterocycles. The molecule has 0 aromatic heterocycles. The average molecular weight is 271 g/mol. The normalized spacial score (nSPS) is 14.1. The molecule has 1 aliphatic rings. The van der Waals surface area contributed by atoms with Crippen LogP contribution in [0.4, 0.5) is 5.69 Å². The molecule has 6 nitrogen and oxygen atoms in total. The third kappa shape index (κ3) is 3.10. The van der Waals surface area contributed by atoms with Crippen molar-refractivity contribution >= 4 is 23.2 Å². The number of nitro groups is 1. The lowest BCUT2D eigenvalue weighted by molar-refractivity contribution is -0.385. The molecular weight excluding hydrogens is 260 g/mol. The lowest BCUT2D eigenvalue weighted by Gasteiger charge is -2.08. The van der Waals surface area contributed by atoms with E-state index in [-0.39, 0.29) is 35.0 Å². The molecule has 1 amide bonds. The summed E-state index contributed by atoms with van der Waals surface area (Å²) in [7, 11) is 0. The Bertz CT molecular complexity index is 488. The van der Waals surface area contributed by atoms with E-state index < -0.39 is 4.92 Å². The van der Waals surface area contributed by atoms with Crippen molar-refractivity contribution in [3.05, 3.63) is 33.3 Å². The van der Waals surface area contributed by atoms with Crippen molar-refractivity contribution in [1.29, 1.82) is 0 Å². The van der Waals surface area contributed by atoms with Crippen LogP contribution in [0.1, 0.15) is 12.8 Å². The van der Waals surface area contributed by atoms with Crippen LogP contribution in [0.3, 0.4) is 0 Å². The molecule has 0 spiro atoms. The van der Waals surface area contributed by atoms with E-state index in [1.165, 1.54) is 18.2 Å². The van der Waals surface area contributed by atoms with E-state index in [1.807, 2.05) is 0 Å². The molecule has 1 N–H and O–H groups in total. The molecule has 1 aromatic rings. The Balaban J connectivity index is 2.03. The predicted octanol–water partition coefficient (Wildman–Crippen LogP) is 1.91. The Morgan fingerprint density at radius 1 is 1.56 bits per heavy atom. The van der Waals surface area contributed by atoms with E-state index in [9.17, 15) is 14.9 Å². The van der Waals surface area contributed by atoms with Gasteiger partial charge in [0.2, 0.25) is 5.75 Å². The minimum atomic E-state index is -0.597. The van der Waals surface area contributed by atoms with Gasteiger partial charge in [0.15, 0.2) is 6.61 Å². The first-order valence-electron chi connectivity index (χ1n) is 5.43. The van der Waals surface area contributed by atoms with Crippen molar-refractivity contribution in [3.8, 4) is 5.75 Å². The average Bonchev–Trinajstić information content (AvgIpc) is 3.10. The smallest absolute Gasteiger partial charge is 0.312 e. The molecule has 1 aliphatic carbocycles. The SMILES string of the molecule is O=C(COc1c(Cl)cccc1[N+](=O)[O-])NC1CC1. The molecule has 0 radical (unpaired) electrons. The summed E-state index contributed by atoms with van der Waals surface area (Å²) in [6.45, 7) is -0.277.